The van der Waals surface area contributed by atoms with Crippen molar-refractivity contribution < 1.29 is 28.6 Å². The van der Waals surface area contributed by atoms with E-state index in [2.05, 4.69) is 87.6 Å². The number of hydrogen-bond acceptors (Lipinski definition) is 6. The van der Waals surface area contributed by atoms with E-state index in [0.29, 0.717) is 19.3 Å². The van der Waals surface area contributed by atoms with Crippen LogP contribution >= 0.6 is 0 Å². The maximum absolute atomic E-state index is 12.9. The van der Waals surface area contributed by atoms with E-state index in [1.54, 1.807) is 0 Å². The Morgan fingerprint density at radius 3 is 1.09 bits per heavy atom. The lowest BCUT2D eigenvalue weighted by atomic mass is 10.1. The fourth-order valence-corrected chi connectivity index (χ4v) is 7.87. The lowest BCUT2D eigenvalue weighted by molar-refractivity contribution is -0.167. The normalized spacial score (nSPS) is 12.8. The fraction of sp³-hybridized carbons (Fsp3) is 0.698. The van der Waals surface area contributed by atoms with E-state index in [4.69, 9.17) is 14.2 Å². The first-order valence-electron chi connectivity index (χ1n) is 28.8. The fourth-order valence-electron chi connectivity index (χ4n) is 7.87. The number of hydrogen-bond donors (Lipinski definition) is 0. The van der Waals surface area contributed by atoms with Crippen LogP contribution < -0.4 is 0 Å². The Bertz CT molecular complexity index is 1380. The highest BCUT2D eigenvalue weighted by Crippen LogP contribution is 2.15. The molecular formula is C63H106O6. The molecule has 1 unspecified atom stereocenters. The molecule has 0 aromatic carbocycles. The summed E-state index contributed by atoms with van der Waals surface area (Å²) in [6, 6.07) is 0. The van der Waals surface area contributed by atoms with E-state index in [0.717, 1.165) is 89.9 Å². The van der Waals surface area contributed by atoms with Gasteiger partial charge in [-0.3, -0.25) is 14.4 Å². The molecule has 6 nitrogen and oxygen atoms in total. The summed E-state index contributed by atoms with van der Waals surface area (Å²) in [6.07, 6.45) is 75.4. The number of allylic oxidation sites excluding steroid dienone is 16. The van der Waals surface area contributed by atoms with Gasteiger partial charge in [0.1, 0.15) is 13.2 Å². The van der Waals surface area contributed by atoms with Gasteiger partial charge in [-0.05, 0) is 96.3 Å². The Hall–Kier alpha value is -3.67. The molecular weight excluding hydrogens is 853 g/mol. The van der Waals surface area contributed by atoms with Gasteiger partial charge in [0.2, 0.25) is 0 Å². The van der Waals surface area contributed by atoms with Crippen LogP contribution in [0, 0.1) is 0 Å². The van der Waals surface area contributed by atoms with Crippen molar-refractivity contribution in [2.45, 2.75) is 271 Å². The first-order chi connectivity index (χ1) is 34.0. The van der Waals surface area contributed by atoms with Crippen molar-refractivity contribution in [2.75, 3.05) is 13.2 Å². The minimum atomic E-state index is -0.799. The van der Waals surface area contributed by atoms with Gasteiger partial charge in [-0.2, -0.15) is 0 Å². The van der Waals surface area contributed by atoms with Gasteiger partial charge < -0.3 is 14.2 Å². The third kappa shape index (κ3) is 55.1. The first kappa shape index (κ1) is 65.3. The van der Waals surface area contributed by atoms with Crippen molar-refractivity contribution in [2.24, 2.45) is 0 Å². The smallest absolute Gasteiger partial charge is 0.306 e. The van der Waals surface area contributed by atoms with Crippen LogP contribution in [0.15, 0.2) is 97.2 Å². The Kier molecular flexibility index (Phi) is 53.9. The van der Waals surface area contributed by atoms with Crippen LogP contribution in [0.3, 0.4) is 0 Å². The van der Waals surface area contributed by atoms with E-state index in [-0.39, 0.29) is 31.1 Å². The van der Waals surface area contributed by atoms with Crippen LogP contribution in [0.1, 0.15) is 265 Å². The molecule has 0 heterocycles. The molecule has 0 aliphatic carbocycles. The average Bonchev–Trinajstić information content (AvgIpc) is 3.35. The molecule has 0 amide bonds. The Labute approximate surface area is 426 Å². The maximum atomic E-state index is 12.9. The second kappa shape index (κ2) is 56.9. The van der Waals surface area contributed by atoms with E-state index in [9.17, 15) is 14.4 Å². The second-order valence-electron chi connectivity index (χ2n) is 18.9. The Morgan fingerprint density at radius 2 is 0.638 bits per heavy atom. The summed E-state index contributed by atoms with van der Waals surface area (Å²) in [5.74, 6) is -0.942. The van der Waals surface area contributed by atoms with Crippen LogP contribution in [0.2, 0.25) is 0 Å². The van der Waals surface area contributed by atoms with Gasteiger partial charge in [0.05, 0.1) is 0 Å². The third-order valence-corrected chi connectivity index (χ3v) is 12.1. The molecule has 394 valence electrons. The molecule has 69 heavy (non-hydrogen) atoms. The van der Waals surface area contributed by atoms with Gasteiger partial charge in [-0.15, -0.1) is 0 Å². The van der Waals surface area contributed by atoms with E-state index in [1.165, 1.54) is 135 Å². The molecule has 0 radical (unpaired) electrons. The molecule has 0 aliphatic rings. The van der Waals surface area contributed by atoms with E-state index >= 15 is 0 Å². The summed E-state index contributed by atoms with van der Waals surface area (Å²) >= 11 is 0. The highest BCUT2D eigenvalue weighted by atomic mass is 16.6. The molecule has 0 saturated heterocycles. The number of ether oxygens (including phenoxy) is 3. The lowest BCUT2D eigenvalue weighted by Crippen LogP contribution is -2.30. The van der Waals surface area contributed by atoms with Crippen molar-refractivity contribution in [1.29, 1.82) is 0 Å². The van der Waals surface area contributed by atoms with Crippen molar-refractivity contribution in [3.8, 4) is 0 Å². The van der Waals surface area contributed by atoms with Crippen molar-refractivity contribution in [3.05, 3.63) is 97.2 Å². The molecule has 0 saturated carbocycles. The first-order valence-corrected chi connectivity index (χ1v) is 28.8. The minimum Gasteiger partial charge on any atom is -0.462 e. The summed E-state index contributed by atoms with van der Waals surface area (Å²) in [6.45, 7) is 6.36. The third-order valence-electron chi connectivity index (χ3n) is 12.1. The molecule has 1 atom stereocenters. The molecule has 0 rings (SSSR count). The second-order valence-corrected chi connectivity index (χ2v) is 18.9. The molecule has 0 aromatic heterocycles. The zero-order valence-corrected chi connectivity index (χ0v) is 45.0. The van der Waals surface area contributed by atoms with E-state index in [1.807, 2.05) is 30.4 Å². The maximum Gasteiger partial charge on any atom is 0.306 e. The molecule has 0 N–H and O–H groups in total. The van der Waals surface area contributed by atoms with Crippen molar-refractivity contribution in [1.82, 2.24) is 0 Å². The molecule has 0 spiro atoms. The van der Waals surface area contributed by atoms with Gasteiger partial charge in [0, 0.05) is 19.3 Å². The zero-order valence-electron chi connectivity index (χ0n) is 45.0. The highest BCUT2D eigenvalue weighted by Gasteiger charge is 2.19. The summed E-state index contributed by atoms with van der Waals surface area (Å²) in [5.41, 5.74) is 0. The number of esters is 3. The highest BCUT2D eigenvalue weighted by molar-refractivity contribution is 5.71. The predicted molar refractivity (Wildman–Crippen MR) is 297 cm³/mol. The summed E-state index contributed by atoms with van der Waals surface area (Å²) in [7, 11) is 0. The molecule has 0 aliphatic heterocycles. The van der Waals surface area contributed by atoms with Crippen molar-refractivity contribution >= 4 is 17.9 Å². The topological polar surface area (TPSA) is 78.9 Å². The number of unbranched alkanes of at least 4 members (excludes halogenated alkanes) is 27. The number of carbonyl (C=O) groups excluding carboxylic acids is 3. The molecule has 6 heteroatoms. The Morgan fingerprint density at radius 1 is 0.319 bits per heavy atom. The minimum absolute atomic E-state index is 0.0952. The summed E-state index contributed by atoms with van der Waals surface area (Å²) in [5, 5.41) is 0. The van der Waals surface area contributed by atoms with Crippen LogP contribution in [-0.4, -0.2) is 37.2 Å². The average molecular weight is 960 g/mol. The molecule has 0 aromatic rings. The van der Waals surface area contributed by atoms with Crippen LogP contribution in [0.25, 0.3) is 0 Å². The van der Waals surface area contributed by atoms with Gasteiger partial charge in [0.25, 0.3) is 0 Å². The van der Waals surface area contributed by atoms with Gasteiger partial charge >= 0.3 is 17.9 Å². The van der Waals surface area contributed by atoms with Crippen LogP contribution in [0.5, 0.6) is 0 Å². The quantitative estimate of drug-likeness (QED) is 0.0199. The number of rotatable bonds is 51. The summed E-state index contributed by atoms with van der Waals surface area (Å²) < 4.78 is 16.8. The SMILES string of the molecule is CC/C=C/C=C/C=C/C=C/CCCCCC(=O)OCC(COC(=O)CCCCCCCCCCC/C=C/C/C=C/C/C=C/CC)OC(=O)CCCCCCCCC/C=C/CCCCCCCCCC. The van der Waals surface area contributed by atoms with Crippen LogP contribution in [-0.2, 0) is 28.6 Å². The number of carbonyl (C=O) groups is 3. The standard InChI is InChI=1S/C63H106O6/c1-4-7-10-13-16-19-22-25-27-29-31-33-35-38-41-44-47-50-53-56-62(65)68-59-60(58-67-61(64)55-52-49-46-43-40-37-24-21-18-15-12-9-6-3)69-63(66)57-54-51-48-45-42-39-36-34-32-30-28-26-23-20-17-14-11-8-5-2/h7,9-10,12,15-16,18-19,21,24-25,27,30,32,37,40,60H,4-6,8,11,13-14,17,20,22-23,26,28-29,31,33-36,38-39,41-59H2,1-3H3/b10-7+,12-9+,18-15+,19-16+,24-21+,27-25+,32-30+,40-37+. The largest absolute Gasteiger partial charge is 0.462 e. The molecule has 0 fully saturated rings. The monoisotopic (exact) mass is 959 g/mol. The summed E-state index contributed by atoms with van der Waals surface area (Å²) in [4.78, 5) is 38.1. The van der Waals surface area contributed by atoms with E-state index < -0.39 is 6.10 Å². The van der Waals surface area contributed by atoms with Crippen LogP contribution in [0.4, 0.5) is 0 Å². The van der Waals surface area contributed by atoms with Gasteiger partial charge in [-0.25, -0.2) is 0 Å². The zero-order chi connectivity index (χ0) is 50.0. The molecule has 0 bridgehead atoms. The Balaban J connectivity index is 4.41. The van der Waals surface area contributed by atoms with Gasteiger partial charge in [-0.1, -0.05) is 246 Å². The van der Waals surface area contributed by atoms with Crippen molar-refractivity contribution in [3.63, 3.8) is 0 Å². The lowest BCUT2D eigenvalue weighted by Gasteiger charge is -2.18. The predicted octanol–water partition coefficient (Wildman–Crippen LogP) is 19.3. The van der Waals surface area contributed by atoms with Gasteiger partial charge in [0.15, 0.2) is 6.10 Å².